The number of hydrogen-bond acceptors (Lipinski definition) is 1. The van der Waals surface area contributed by atoms with Crippen molar-refractivity contribution in [3.8, 4) is 22.3 Å². The van der Waals surface area contributed by atoms with Crippen LogP contribution in [0.5, 0.6) is 0 Å². The van der Waals surface area contributed by atoms with Gasteiger partial charge in [0.25, 0.3) is 0 Å². The van der Waals surface area contributed by atoms with Gasteiger partial charge in [0, 0.05) is 0 Å². The Morgan fingerprint density at radius 1 is 0.226 bits per heavy atom. The monoisotopic (exact) mass is 1190 g/mol. The van der Waals surface area contributed by atoms with Gasteiger partial charge in [0.2, 0.25) is 0 Å². The molecule has 0 N–H and O–H groups in total. The average Bonchev–Trinajstić information content (AvgIpc) is 1.38. The van der Waals surface area contributed by atoms with Crippen molar-refractivity contribution in [3.05, 3.63) is 419 Å². The molecule has 1 heteroatoms. The molecule has 2 heterocycles. The minimum absolute atomic E-state index is 0.293. The minimum atomic E-state index is -0.864. The van der Waals surface area contributed by atoms with E-state index in [0.29, 0.717) is 0 Å². The highest BCUT2D eigenvalue weighted by Crippen LogP contribution is 2.69. The molecule has 0 bridgehead atoms. The van der Waals surface area contributed by atoms with Gasteiger partial charge < -0.3 is 4.90 Å². The molecule has 0 amide bonds. The molecule has 13 aromatic rings. The molecule has 0 aromatic heterocycles. The van der Waals surface area contributed by atoms with Gasteiger partial charge >= 0.3 is 0 Å². The van der Waals surface area contributed by atoms with E-state index in [9.17, 15) is 0 Å². The third-order valence-corrected chi connectivity index (χ3v) is 22.0. The van der Waals surface area contributed by atoms with Crippen LogP contribution < -0.4 is 4.90 Å². The molecule has 448 valence electrons. The van der Waals surface area contributed by atoms with Gasteiger partial charge in [-0.15, -0.1) is 0 Å². The highest BCUT2D eigenvalue weighted by atomic mass is 15.2. The molecule has 1 nitrogen and oxygen atoms in total. The van der Waals surface area contributed by atoms with Gasteiger partial charge in [-0.2, -0.15) is 0 Å². The summed E-state index contributed by atoms with van der Waals surface area (Å²) in [7, 11) is 0. The van der Waals surface area contributed by atoms with Crippen LogP contribution in [-0.2, 0) is 27.1 Å². The van der Waals surface area contributed by atoms with E-state index in [1.165, 1.54) is 156 Å². The molecule has 0 saturated carbocycles. The Morgan fingerprint density at radius 3 is 0.699 bits per heavy atom. The predicted molar refractivity (Wildman–Crippen MR) is 387 cm³/mol. The van der Waals surface area contributed by atoms with Crippen molar-refractivity contribution in [1.29, 1.82) is 0 Å². The first kappa shape index (κ1) is 56.6. The molecule has 13 aromatic carbocycles. The molecule has 2 aliphatic heterocycles. The summed E-state index contributed by atoms with van der Waals surface area (Å²) in [4.78, 5) is 2.74. The maximum absolute atomic E-state index is 2.74. The quantitative estimate of drug-likeness (QED) is 0.147. The lowest BCUT2D eigenvalue weighted by molar-refractivity contribution is 0.581. The van der Waals surface area contributed by atoms with Crippen molar-refractivity contribution >= 4 is 17.1 Å². The van der Waals surface area contributed by atoms with Crippen LogP contribution in [0.4, 0.5) is 17.1 Å². The smallest absolute Gasteiger partial charge is 0.0742 e. The largest absolute Gasteiger partial charge is 0.309 e. The Labute approximate surface area is 549 Å². The average molecular weight is 1190 g/mol. The first-order valence-corrected chi connectivity index (χ1v) is 33.3. The molecule has 0 radical (unpaired) electrons. The Hall–Kier alpha value is -10.3. The molecule has 0 fully saturated rings. The lowest BCUT2D eigenvalue weighted by atomic mass is 9.55. The molecule has 2 aliphatic carbocycles. The number of rotatable bonds is 8. The first-order valence-electron chi connectivity index (χ1n) is 33.3. The van der Waals surface area contributed by atoms with Crippen LogP contribution in [0.25, 0.3) is 22.3 Å². The number of aryl methyl sites for hydroxylation is 6. The predicted octanol–water partition coefficient (Wildman–Crippen LogP) is 22.4. The van der Waals surface area contributed by atoms with Crippen LogP contribution in [0.2, 0.25) is 0 Å². The van der Waals surface area contributed by atoms with E-state index in [-0.39, 0.29) is 5.41 Å². The third kappa shape index (κ3) is 7.81. The van der Waals surface area contributed by atoms with E-state index < -0.39 is 21.7 Å². The summed E-state index contributed by atoms with van der Waals surface area (Å²) in [5, 5.41) is 0. The van der Waals surface area contributed by atoms with Crippen LogP contribution in [0.15, 0.2) is 291 Å². The SMILES string of the molecule is Cc1ccc(C2(c3ccc4c(c3)C(c3ccc(C)cc3)(c3ccc(C)cc3)c3cc(C(C)(C)C)cc5c3N4c3ccc(C4(c6ccc(C)cc6)c6ccccc6-c6ccccc64)cc3C5(c3ccc(C)cc3)c3ccc(C)cc3)c3ccccc3-c3ccccc32)cc1. The Morgan fingerprint density at radius 2 is 0.452 bits per heavy atom. The summed E-state index contributed by atoms with van der Waals surface area (Å²) in [5.41, 5.74) is 34.1. The standard InChI is InChI=1S/C92H75N/c1-58-26-38-64(39-27-58)89(65-40-28-59(2)29-41-65)81-54-70(91(68-46-34-62(5)35-47-68)77-22-14-10-18-73(77)74-19-11-15-23-78(74)91)50-52-85(81)93-86-53-51-71(92(69-48-36-63(6)37-49-69)79-24-16-12-20-75(79)76-21-13-17-25-80(76)92)55-82(86)90(66-42-30-60(3)31-43-66,67-44-32-61(4)33-45-67)84-57-72(88(7,8)9)56-83(89)87(84)93/h10-57H,1-9H3. The number of hydrogen-bond donors (Lipinski definition) is 0. The van der Waals surface area contributed by atoms with Crippen molar-refractivity contribution in [1.82, 2.24) is 0 Å². The van der Waals surface area contributed by atoms with Crippen LogP contribution in [0.1, 0.15) is 149 Å². The molecule has 0 spiro atoms. The van der Waals surface area contributed by atoms with Crippen LogP contribution in [0.3, 0.4) is 0 Å². The number of fused-ring (bicyclic) bond motifs is 10. The van der Waals surface area contributed by atoms with E-state index in [0.717, 1.165) is 11.4 Å². The lowest BCUT2D eigenvalue weighted by Crippen LogP contribution is -2.45. The maximum Gasteiger partial charge on any atom is 0.0742 e. The topological polar surface area (TPSA) is 3.24 Å². The van der Waals surface area contributed by atoms with E-state index in [1.54, 1.807) is 0 Å². The normalized spacial score (nSPS) is 15.3. The fourth-order valence-electron chi connectivity index (χ4n) is 17.5. The summed E-state index contributed by atoms with van der Waals surface area (Å²) in [6, 6.07) is 115. The summed E-state index contributed by atoms with van der Waals surface area (Å²) in [6.07, 6.45) is 0. The van der Waals surface area contributed by atoms with E-state index in [2.05, 4.69) is 358 Å². The fraction of sp³-hybridized carbons (Fsp3) is 0.152. The molecular formula is C92H75N. The second-order valence-corrected chi connectivity index (χ2v) is 28.3. The van der Waals surface area contributed by atoms with Crippen LogP contribution in [0, 0.1) is 41.5 Å². The lowest BCUT2D eigenvalue weighted by Gasteiger charge is -2.54. The Bertz CT molecular complexity index is 4650. The summed E-state index contributed by atoms with van der Waals surface area (Å²) < 4.78 is 0. The van der Waals surface area contributed by atoms with Crippen LogP contribution >= 0.6 is 0 Å². The van der Waals surface area contributed by atoms with Gasteiger partial charge in [-0.3, -0.25) is 0 Å². The van der Waals surface area contributed by atoms with E-state index >= 15 is 0 Å². The van der Waals surface area contributed by atoms with E-state index in [1.807, 2.05) is 0 Å². The fourth-order valence-corrected chi connectivity index (χ4v) is 17.5. The second-order valence-electron chi connectivity index (χ2n) is 28.3. The number of anilines is 3. The molecule has 17 rings (SSSR count). The third-order valence-electron chi connectivity index (χ3n) is 22.0. The molecule has 93 heavy (non-hydrogen) atoms. The molecule has 0 atom stereocenters. The van der Waals surface area contributed by atoms with Crippen molar-refractivity contribution < 1.29 is 0 Å². The zero-order valence-electron chi connectivity index (χ0n) is 54.7. The van der Waals surface area contributed by atoms with Gasteiger partial charge in [0.1, 0.15) is 0 Å². The van der Waals surface area contributed by atoms with Crippen molar-refractivity contribution in [2.45, 2.75) is 89.4 Å². The van der Waals surface area contributed by atoms with Crippen molar-refractivity contribution in [3.63, 3.8) is 0 Å². The minimum Gasteiger partial charge on any atom is -0.309 e. The zero-order valence-corrected chi connectivity index (χ0v) is 54.7. The Balaban J connectivity index is 1.09. The molecule has 0 saturated heterocycles. The van der Waals surface area contributed by atoms with Gasteiger partial charge in [-0.05, 0) is 176 Å². The maximum atomic E-state index is 2.74. The molecule has 4 aliphatic rings. The second kappa shape index (κ2) is 20.6. The van der Waals surface area contributed by atoms with Gasteiger partial charge in [-0.1, -0.05) is 333 Å². The zero-order chi connectivity index (χ0) is 63.3. The van der Waals surface area contributed by atoms with E-state index in [4.69, 9.17) is 0 Å². The van der Waals surface area contributed by atoms with Crippen LogP contribution in [-0.4, -0.2) is 0 Å². The highest BCUT2D eigenvalue weighted by molar-refractivity contribution is 5.99. The van der Waals surface area contributed by atoms with Gasteiger partial charge in [0.05, 0.1) is 38.7 Å². The highest BCUT2D eigenvalue weighted by Gasteiger charge is 2.57. The summed E-state index contributed by atoms with van der Waals surface area (Å²) >= 11 is 0. The number of benzene rings is 13. The summed E-state index contributed by atoms with van der Waals surface area (Å²) in [6.45, 7) is 20.6. The summed E-state index contributed by atoms with van der Waals surface area (Å²) in [5.74, 6) is 0. The number of nitrogens with zero attached hydrogens (tertiary/aromatic N) is 1. The molecule has 0 unspecified atom stereocenters. The van der Waals surface area contributed by atoms with Gasteiger partial charge in [0.15, 0.2) is 0 Å². The molecular weight excluding hydrogens is 1120 g/mol. The Kier molecular flexibility index (Phi) is 12.5. The first-order chi connectivity index (χ1) is 45.2. The van der Waals surface area contributed by atoms with Gasteiger partial charge in [-0.25, -0.2) is 0 Å². The van der Waals surface area contributed by atoms with Crippen molar-refractivity contribution in [2.24, 2.45) is 0 Å². The van der Waals surface area contributed by atoms with Crippen molar-refractivity contribution in [2.75, 3.05) is 4.90 Å².